The molecule has 0 spiro atoms. The molecule has 0 aliphatic heterocycles. The average Bonchev–Trinajstić information content (AvgIpc) is 3.47. The summed E-state index contributed by atoms with van der Waals surface area (Å²) in [6.07, 6.45) is 11.5. The predicted molar refractivity (Wildman–Crippen MR) is 150 cm³/mol. The van der Waals surface area contributed by atoms with E-state index in [1.54, 1.807) is 6.08 Å². The van der Waals surface area contributed by atoms with Crippen molar-refractivity contribution in [3.05, 3.63) is 66.7 Å². The van der Waals surface area contributed by atoms with Crippen molar-refractivity contribution in [3.63, 3.8) is 0 Å². The van der Waals surface area contributed by atoms with Crippen LogP contribution in [0.4, 0.5) is 5.95 Å². The van der Waals surface area contributed by atoms with Crippen LogP contribution in [-0.4, -0.2) is 77.6 Å². The Bertz CT molecular complexity index is 1630. The van der Waals surface area contributed by atoms with Crippen LogP contribution in [0.2, 0.25) is 0 Å². The van der Waals surface area contributed by atoms with Crippen LogP contribution in [-0.2, 0) is 16.9 Å². The molecule has 3 N–H and O–H groups in total. The molecule has 194 valence electrons. The van der Waals surface area contributed by atoms with E-state index in [0.29, 0.717) is 23.7 Å². The summed E-state index contributed by atoms with van der Waals surface area (Å²) < 4.78 is 27.9. The monoisotopic (exact) mass is 519 g/mol. The van der Waals surface area contributed by atoms with Crippen LogP contribution in [0.1, 0.15) is 6.42 Å². The lowest BCUT2D eigenvalue weighted by molar-refractivity contribution is 0.320. The average molecular weight is 520 g/mol. The number of fused-ring (bicyclic) bond motifs is 2. The number of allylic oxidation sites excluding steroid dienone is 1. The summed E-state index contributed by atoms with van der Waals surface area (Å²) >= 11 is 0. The minimum absolute atomic E-state index is 0.395. The van der Waals surface area contributed by atoms with E-state index in [1.165, 1.54) is 6.26 Å². The van der Waals surface area contributed by atoms with Gasteiger partial charge in [-0.25, -0.2) is 13.4 Å². The third-order valence-electron chi connectivity index (χ3n) is 7.12. The molecule has 3 heterocycles. The molecule has 1 aliphatic rings. The van der Waals surface area contributed by atoms with Gasteiger partial charge in [-0.05, 0) is 58.4 Å². The van der Waals surface area contributed by atoms with Gasteiger partial charge in [0.05, 0.1) is 11.2 Å². The number of rotatable bonds is 8. The van der Waals surface area contributed by atoms with Crippen molar-refractivity contribution in [2.75, 3.05) is 39.3 Å². The zero-order valence-electron chi connectivity index (χ0n) is 21.8. The van der Waals surface area contributed by atoms with Gasteiger partial charge in [0, 0.05) is 53.2 Å². The van der Waals surface area contributed by atoms with Crippen LogP contribution in [0.25, 0.3) is 33.2 Å². The fourth-order valence-electron chi connectivity index (χ4n) is 5.14. The number of hydrogen-bond acceptors (Lipinski definition) is 7. The molecule has 1 aliphatic carbocycles. The molecule has 2 atom stereocenters. The summed E-state index contributed by atoms with van der Waals surface area (Å²) in [5, 5.41) is 7.84. The number of likely N-dealkylation sites (N-methyl/N-ethyl adjacent to an activating group) is 1. The number of sulfone groups is 1. The second kappa shape index (κ2) is 9.44. The second-order valence-electron chi connectivity index (χ2n) is 9.98. The molecule has 0 saturated heterocycles. The van der Waals surface area contributed by atoms with E-state index >= 15 is 0 Å². The smallest absolute Gasteiger partial charge is 0.229 e. The Morgan fingerprint density at radius 1 is 1.16 bits per heavy atom. The topological polar surface area (TPSA) is 108 Å². The number of aryl methyl sites for hydroxylation is 1. The Hall–Kier alpha value is -3.47. The zero-order valence-corrected chi connectivity index (χ0v) is 22.6. The molecule has 3 aromatic heterocycles. The Morgan fingerprint density at radius 2 is 1.95 bits per heavy atom. The first-order valence-electron chi connectivity index (χ1n) is 12.2. The largest absolute Gasteiger partial charge is 0.350 e. The number of nitrogens with one attached hydrogen (secondary N) is 3. The Morgan fingerprint density at radius 3 is 2.68 bits per heavy atom. The first-order valence-corrected chi connectivity index (χ1v) is 14.2. The van der Waals surface area contributed by atoms with Gasteiger partial charge in [-0.2, -0.15) is 4.98 Å². The summed E-state index contributed by atoms with van der Waals surface area (Å²) in [4.78, 5) is 14.8. The molecule has 10 heteroatoms. The molecule has 5 rings (SSSR count). The van der Waals surface area contributed by atoms with Crippen LogP contribution in [0.3, 0.4) is 0 Å². The minimum atomic E-state index is -3.42. The normalized spacial score (nSPS) is 20.2. The van der Waals surface area contributed by atoms with Crippen LogP contribution >= 0.6 is 0 Å². The lowest BCUT2D eigenvalue weighted by atomic mass is 9.86. The lowest BCUT2D eigenvalue weighted by Crippen LogP contribution is -2.56. The van der Waals surface area contributed by atoms with E-state index in [-0.39, 0.29) is 0 Å². The fourth-order valence-corrected chi connectivity index (χ4v) is 6.61. The maximum Gasteiger partial charge on any atom is 0.229 e. The highest BCUT2D eigenvalue weighted by atomic mass is 32.2. The molecule has 0 amide bonds. The van der Waals surface area contributed by atoms with Crippen LogP contribution in [0, 0.1) is 0 Å². The van der Waals surface area contributed by atoms with Crippen molar-refractivity contribution in [1.82, 2.24) is 29.7 Å². The van der Waals surface area contributed by atoms with Gasteiger partial charge in [-0.3, -0.25) is 0 Å². The highest BCUT2D eigenvalue weighted by Crippen LogP contribution is 2.35. The van der Waals surface area contributed by atoms with Crippen LogP contribution < -0.4 is 10.6 Å². The van der Waals surface area contributed by atoms with Crippen molar-refractivity contribution in [2.45, 2.75) is 17.2 Å². The van der Waals surface area contributed by atoms with Crippen molar-refractivity contribution in [1.29, 1.82) is 0 Å². The highest BCUT2D eigenvalue weighted by molar-refractivity contribution is 7.91. The van der Waals surface area contributed by atoms with E-state index in [4.69, 9.17) is 4.98 Å². The number of aromatic amines is 1. The van der Waals surface area contributed by atoms with Crippen LogP contribution in [0.5, 0.6) is 0 Å². The summed E-state index contributed by atoms with van der Waals surface area (Å²) in [5.74, 6) is 0.395. The third kappa shape index (κ3) is 4.68. The van der Waals surface area contributed by atoms with Crippen molar-refractivity contribution in [2.24, 2.45) is 7.05 Å². The van der Waals surface area contributed by atoms with E-state index < -0.39 is 20.6 Å². The zero-order chi connectivity index (χ0) is 26.4. The number of anilines is 1. The molecule has 4 aromatic rings. The molecule has 0 fully saturated rings. The summed E-state index contributed by atoms with van der Waals surface area (Å²) in [7, 11) is 4.38. The van der Waals surface area contributed by atoms with Gasteiger partial charge in [0.25, 0.3) is 0 Å². The first-order chi connectivity index (χ1) is 17.6. The number of para-hydroxylation sites is 1. The van der Waals surface area contributed by atoms with Gasteiger partial charge in [0.2, 0.25) is 5.95 Å². The number of hydrogen-bond donors (Lipinski definition) is 3. The quantitative estimate of drug-likeness (QED) is 0.328. The summed E-state index contributed by atoms with van der Waals surface area (Å²) in [6, 6.07) is 10.2. The van der Waals surface area contributed by atoms with Gasteiger partial charge in [0.15, 0.2) is 9.84 Å². The van der Waals surface area contributed by atoms with Gasteiger partial charge in [-0.15, -0.1) is 0 Å². The highest BCUT2D eigenvalue weighted by Gasteiger charge is 2.42. The molecule has 0 radical (unpaired) electrons. The SMILES string of the molecule is CNC1(CCN(C)C)C=CC(Nc2nc(-c3cn(C)c4ccccc34)c3cc[nH]c3n2)=CC1S(C)(=O)=O. The molecule has 9 nitrogen and oxygen atoms in total. The molecule has 2 unspecified atom stereocenters. The molecule has 37 heavy (non-hydrogen) atoms. The molecular weight excluding hydrogens is 486 g/mol. The molecule has 1 aromatic carbocycles. The number of nitrogens with zero attached hydrogens (tertiary/aromatic N) is 4. The minimum Gasteiger partial charge on any atom is -0.350 e. The fraction of sp³-hybridized carbons (Fsp3) is 0.333. The number of H-pyrrole nitrogens is 1. The third-order valence-corrected chi connectivity index (χ3v) is 8.60. The Kier molecular flexibility index (Phi) is 6.43. The Labute approximate surface area is 217 Å². The molecule has 0 saturated carbocycles. The molecule has 0 bridgehead atoms. The van der Waals surface area contributed by atoms with Gasteiger partial charge >= 0.3 is 0 Å². The van der Waals surface area contributed by atoms with Gasteiger partial charge in [-0.1, -0.05) is 24.3 Å². The maximum absolute atomic E-state index is 12.9. The van der Waals surface area contributed by atoms with Crippen molar-refractivity contribution < 1.29 is 8.42 Å². The summed E-state index contributed by atoms with van der Waals surface area (Å²) in [6.45, 7) is 0.745. The van der Waals surface area contributed by atoms with Gasteiger partial charge in [0.1, 0.15) is 10.9 Å². The predicted octanol–water partition coefficient (Wildman–Crippen LogP) is 3.31. The van der Waals surface area contributed by atoms with E-state index in [2.05, 4.69) is 48.4 Å². The molecular formula is C27H33N7O2S. The number of benzene rings is 1. The maximum atomic E-state index is 12.9. The van der Waals surface area contributed by atoms with E-state index in [0.717, 1.165) is 34.1 Å². The Balaban J connectivity index is 1.55. The number of aromatic nitrogens is 4. The van der Waals surface area contributed by atoms with E-state index in [9.17, 15) is 8.42 Å². The van der Waals surface area contributed by atoms with Crippen molar-refractivity contribution >= 4 is 37.7 Å². The van der Waals surface area contributed by atoms with E-state index in [1.807, 2.05) is 64.7 Å². The van der Waals surface area contributed by atoms with Crippen molar-refractivity contribution in [3.8, 4) is 11.3 Å². The standard InChI is InChI=1S/C27H33N7O2S/c1-28-27(13-15-33(2)3)12-10-18(16-23(27)37(5,35)36)30-26-31-24(20-11-14-29-25(20)32-26)21-17-34(4)22-9-7-6-8-19(21)22/h6-12,14,16-17,23,28H,13,15H2,1-5H3,(H2,29,30,31,32). The van der Waals surface area contributed by atoms with Crippen LogP contribution in [0.15, 0.2) is 66.7 Å². The second-order valence-corrected chi connectivity index (χ2v) is 12.1. The first kappa shape index (κ1) is 25.2. The summed E-state index contributed by atoms with van der Waals surface area (Å²) in [5.41, 5.74) is 3.57. The van der Waals surface area contributed by atoms with Gasteiger partial charge < -0.3 is 25.1 Å². The lowest BCUT2D eigenvalue weighted by Gasteiger charge is -2.39.